The number of aromatic nitrogens is 2. The molecule has 0 saturated carbocycles. The predicted octanol–water partition coefficient (Wildman–Crippen LogP) is 9.48. The van der Waals surface area contributed by atoms with Gasteiger partial charge in [0.1, 0.15) is 23.1 Å². The minimum absolute atomic E-state index is 0. The third-order valence-electron chi connectivity index (χ3n) is 10.5. The van der Waals surface area contributed by atoms with Crippen LogP contribution in [0.2, 0.25) is 0 Å². The highest BCUT2D eigenvalue weighted by molar-refractivity contribution is 8.93. The van der Waals surface area contributed by atoms with Crippen LogP contribution in [0, 0.1) is 11.6 Å². The molecule has 4 aromatic carbocycles. The van der Waals surface area contributed by atoms with Gasteiger partial charge in [0, 0.05) is 103 Å². The van der Waals surface area contributed by atoms with Crippen LogP contribution in [-0.2, 0) is 13.1 Å². The smallest absolute Gasteiger partial charge is 0.183 e. The number of fused-ring (bicyclic) bond motifs is 2. The molecule has 0 radical (unpaired) electrons. The van der Waals surface area contributed by atoms with Gasteiger partial charge in [-0.25, -0.2) is 18.7 Å². The second kappa shape index (κ2) is 22.9. The number of ether oxygens (including phenoxy) is 2. The predicted molar refractivity (Wildman–Crippen MR) is 254 cm³/mol. The van der Waals surface area contributed by atoms with Crippen LogP contribution < -0.4 is 20.1 Å². The summed E-state index contributed by atoms with van der Waals surface area (Å²) in [4.78, 5) is 19.0. The van der Waals surface area contributed by atoms with Crippen molar-refractivity contribution < 1.29 is 18.3 Å². The van der Waals surface area contributed by atoms with Crippen LogP contribution in [0.5, 0.6) is 11.5 Å². The van der Waals surface area contributed by atoms with Gasteiger partial charge >= 0.3 is 0 Å². The molecule has 0 spiro atoms. The maximum Gasteiger partial charge on any atom is 0.183 e. The second-order valence-electron chi connectivity index (χ2n) is 15.9. The molecule has 0 bridgehead atoms. The number of piperazine rings is 2. The third-order valence-corrected chi connectivity index (χ3v) is 12.4. The highest BCUT2D eigenvalue weighted by atomic mass is 79.9. The highest BCUT2D eigenvalue weighted by Gasteiger charge is 2.20. The standard InChI is InChI=1S/2C23H29FN4OS.BrH/c2*1-17(2)29-21-6-4-3-5-18(21)16-28-13-11-27(12-14-28)10-9-25-23-26-20-8-7-19(24)15-22(20)30-23;/h2*3-8,15,17H,9-14,16H2,1-2H3,(H,25,26);1H. The van der Waals surface area contributed by atoms with E-state index in [1.165, 1.54) is 45.9 Å². The summed E-state index contributed by atoms with van der Waals surface area (Å²) in [5, 5.41) is 8.50. The van der Waals surface area contributed by atoms with E-state index < -0.39 is 0 Å². The molecule has 0 unspecified atom stereocenters. The van der Waals surface area contributed by atoms with E-state index in [0.29, 0.717) is 0 Å². The minimum Gasteiger partial charge on any atom is -0.491 e. The SMILES string of the molecule is Br.CC(C)Oc1ccccc1CN1CCN(CCNc2nc3ccc(F)cc3s2)CC1.CC(C)Oc1ccccc1CN1CCN(CCNc2nc3ccc(F)cc3s2)CC1. The lowest BCUT2D eigenvalue weighted by molar-refractivity contribution is 0.128. The van der Waals surface area contributed by atoms with Gasteiger partial charge in [-0.3, -0.25) is 19.6 Å². The Morgan fingerprint density at radius 2 is 0.934 bits per heavy atom. The normalized spacial score (nSPS) is 15.5. The fourth-order valence-corrected chi connectivity index (χ4v) is 9.25. The first-order valence-corrected chi connectivity index (χ1v) is 22.8. The first kappa shape index (κ1) is 46.5. The monoisotopic (exact) mass is 936 g/mol. The average molecular weight is 938 g/mol. The van der Waals surface area contributed by atoms with Gasteiger partial charge in [-0.05, 0) is 76.2 Å². The van der Waals surface area contributed by atoms with E-state index in [0.717, 1.165) is 134 Å². The van der Waals surface area contributed by atoms with Crippen molar-refractivity contribution in [1.29, 1.82) is 0 Å². The van der Waals surface area contributed by atoms with Crippen molar-refractivity contribution in [3.63, 3.8) is 0 Å². The van der Waals surface area contributed by atoms with Gasteiger partial charge in [-0.15, -0.1) is 17.0 Å². The molecule has 2 fully saturated rings. The zero-order chi connectivity index (χ0) is 41.8. The summed E-state index contributed by atoms with van der Waals surface area (Å²) in [5.74, 6) is 1.56. The zero-order valence-electron chi connectivity index (χ0n) is 35.6. The Balaban J connectivity index is 0.000000201. The molecule has 6 aromatic rings. The van der Waals surface area contributed by atoms with Crippen LogP contribution in [0.3, 0.4) is 0 Å². The van der Waals surface area contributed by atoms with Crippen molar-refractivity contribution in [2.24, 2.45) is 0 Å². The summed E-state index contributed by atoms with van der Waals surface area (Å²) in [7, 11) is 0. The van der Waals surface area contributed by atoms with Crippen molar-refractivity contribution >= 4 is 70.4 Å². The van der Waals surface area contributed by atoms with Crippen LogP contribution >= 0.6 is 39.7 Å². The van der Waals surface area contributed by atoms with Crippen molar-refractivity contribution in [2.75, 3.05) is 89.2 Å². The van der Waals surface area contributed by atoms with Gasteiger partial charge < -0.3 is 20.1 Å². The molecule has 15 heteroatoms. The Labute approximate surface area is 377 Å². The molecule has 61 heavy (non-hydrogen) atoms. The van der Waals surface area contributed by atoms with E-state index in [-0.39, 0.29) is 40.8 Å². The first-order valence-electron chi connectivity index (χ1n) is 21.1. The zero-order valence-corrected chi connectivity index (χ0v) is 39.0. The van der Waals surface area contributed by atoms with E-state index in [1.54, 1.807) is 24.3 Å². The van der Waals surface area contributed by atoms with Crippen molar-refractivity contribution in [3.05, 3.63) is 108 Å². The Bertz CT molecular complexity index is 2100. The number of nitrogens with zero attached hydrogens (tertiary/aromatic N) is 6. The number of nitrogens with one attached hydrogen (secondary N) is 2. The molecule has 10 nitrogen and oxygen atoms in total. The number of thiazole rings is 2. The lowest BCUT2D eigenvalue weighted by atomic mass is 10.1. The van der Waals surface area contributed by atoms with Crippen molar-refractivity contribution in [3.8, 4) is 11.5 Å². The number of hydrogen-bond acceptors (Lipinski definition) is 12. The molecular formula is C46H59BrF2N8O2S2. The molecule has 0 atom stereocenters. The first-order chi connectivity index (χ1) is 29.1. The van der Waals surface area contributed by atoms with E-state index in [4.69, 9.17) is 9.47 Å². The quantitative estimate of drug-likeness (QED) is 0.0981. The van der Waals surface area contributed by atoms with Gasteiger partial charge in [0.15, 0.2) is 10.3 Å². The van der Waals surface area contributed by atoms with E-state index in [1.807, 2.05) is 12.1 Å². The summed E-state index contributed by atoms with van der Waals surface area (Å²) in [6, 6.07) is 26.2. The Hall–Kier alpha value is -3.96. The van der Waals surface area contributed by atoms with Crippen LogP contribution in [-0.4, -0.2) is 120 Å². The Morgan fingerprint density at radius 3 is 1.33 bits per heavy atom. The molecule has 328 valence electrons. The molecule has 2 N–H and O–H groups in total. The van der Waals surface area contributed by atoms with Crippen molar-refractivity contribution in [1.82, 2.24) is 29.6 Å². The molecule has 2 saturated heterocycles. The maximum atomic E-state index is 13.3. The van der Waals surface area contributed by atoms with Gasteiger partial charge in [0.05, 0.1) is 32.6 Å². The molecule has 2 aliphatic rings. The molecule has 2 aromatic heterocycles. The molecule has 0 aliphatic carbocycles. The summed E-state index contributed by atoms with van der Waals surface area (Å²) < 4.78 is 40.3. The molecule has 0 amide bonds. The summed E-state index contributed by atoms with van der Waals surface area (Å²) in [6.45, 7) is 22.2. The largest absolute Gasteiger partial charge is 0.491 e. The maximum absolute atomic E-state index is 13.3. The number of para-hydroxylation sites is 2. The number of rotatable bonds is 16. The highest BCUT2D eigenvalue weighted by Crippen LogP contribution is 2.28. The minimum atomic E-state index is -0.214. The fraction of sp³-hybridized carbons (Fsp3) is 0.435. The van der Waals surface area contributed by atoms with Crippen molar-refractivity contribution in [2.45, 2.75) is 53.0 Å². The Morgan fingerprint density at radius 1 is 0.557 bits per heavy atom. The van der Waals surface area contributed by atoms with Crippen LogP contribution in [0.25, 0.3) is 20.4 Å². The van der Waals surface area contributed by atoms with Crippen LogP contribution in [0.4, 0.5) is 19.0 Å². The summed E-state index contributed by atoms with van der Waals surface area (Å²) >= 11 is 3.01. The second-order valence-corrected chi connectivity index (χ2v) is 18.0. The number of benzene rings is 4. The van der Waals surface area contributed by atoms with Gasteiger partial charge in [-0.2, -0.15) is 0 Å². The number of anilines is 2. The average Bonchev–Trinajstić information content (AvgIpc) is 3.83. The summed E-state index contributed by atoms with van der Waals surface area (Å²) in [5.41, 5.74) is 4.21. The molecule has 8 rings (SSSR count). The third kappa shape index (κ3) is 14.0. The fourth-order valence-electron chi connectivity index (χ4n) is 7.42. The number of hydrogen-bond donors (Lipinski definition) is 2. The molecule has 4 heterocycles. The van der Waals surface area contributed by atoms with Crippen LogP contribution in [0.15, 0.2) is 84.9 Å². The number of halogens is 3. The molecule has 2 aliphatic heterocycles. The topological polar surface area (TPSA) is 81.3 Å². The van der Waals surface area contributed by atoms with Gasteiger partial charge in [0.2, 0.25) is 0 Å². The van der Waals surface area contributed by atoms with E-state index >= 15 is 0 Å². The summed E-state index contributed by atoms with van der Waals surface area (Å²) in [6.07, 6.45) is 0.370. The van der Waals surface area contributed by atoms with Gasteiger partial charge in [-0.1, -0.05) is 59.1 Å². The molecular weight excluding hydrogens is 879 g/mol. The van der Waals surface area contributed by atoms with Crippen LogP contribution in [0.1, 0.15) is 38.8 Å². The van der Waals surface area contributed by atoms with Gasteiger partial charge in [0.25, 0.3) is 0 Å². The Kier molecular flexibility index (Phi) is 17.5. The lowest BCUT2D eigenvalue weighted by Crippen LogP contribution is -2.47. The lowest BCUT2D eigenvalue weighted by Gasteiger charge is -2.35. The van der Waals surface area contributed by atoms with E-state index in [2.05, 4.69) is 104 Å². The van der Waals surface area contributed by atoms with E-state index in [9.17, 15) is 8.78 Å².